The predicted molar refractivity (Wildman–Crippen MR) is 137 cm³/mol. The molecule has 37 heavy (non-hydrogen) atoms. The van der Waals surface area contributed by atoms with E-state index in [-0.39, 0.29) is 13.2 Å². The van der Waals surface area contributed by atoms with Crippen LogP contribution in [0.4, 0.5) is 4.39 Å². The molecule has 9 heteroatoms. The van der Waals surface area contributed by atoms with E-state index in [1.54, 1.807) is 19.2 Å². The van der Waals surface area contributed by atoms with Crippen LogP contribution in [0.3, 0.4) is 0 Å². The molecule has 0 aliphatic carbocycles. The molecule has 0 saturated carbocycles. The summed E-state index contributed by atoms with van der Waals surface area (Å²) in [5, 5.41) is 21.7. The molecule has 2 N–H and O–H groups in total. The van der Waals surface area contributed by atoms with Crippen LogP contribution in [0.1, 0.15) is 31.2 Å². The number of hydrogen-bond acceptors (Lipinski definition) is 7. The van der Waals surface area contributed by atoms with Gasteiger partial charge < -0.3 is 29.0 Å². The number of imidazole rings is 1. The van der Waals surface area contributed by atoms with Crippen molar-refractivity contribution in [2.24, 2.45) is 0 Å². The number of aliphatic hydroxyl groups is 2. The lowest BCUT2D eigenvalue weighted by molar-refractivity contribution is -0.140. The van der Waals surface area contributed by atoms with E-state index < -0.39 is 17.5 Å². The van der Waals surface area contributed by atoms with Gasteiger partial charge in [-0.2, -0.15) is 0 Å². The van der Waals surface area contributed by atoms with Crippen molar-refractivity contribution in [3.63, 3.8) is 0 Å². The summed E-state index contributed by atoms with van der Waals surface area (Å²) in [4.78, 5) is 6.42. The maximum atomic E-state index is 13.5. The quantitative estimate of drug-likeness (QED) is 0.359. The molecule has 1 fully saturated rings. The van der Waals surface area contributed by atoms with Crippen LogP contribution < -0.4 is 14.2 Å². The van der Waals surface area contributed by atoms with E-state index in [1.165, 1.54) is 12.1 Å². The monoisotopic (exact) mass is 513 g/mol. The molecule has 0 amide bonds. The molecular formula is C28H36FN3O5. The van der Waals surface area contributed by atoms with E-state index in [4.69, 9.17) is 14.2 Å². The Morgan fingerprint density at radius 2 is 2.03 bits per heavy atom. The fourth-order valence-corrected chi connectivity index (χ4v) is 4.65. The highest BCUT2D eigenvalue weighted by atomic mass is 19.1. The number of piperidine rings is 1. The highest BCUT2D eigenvalue weighted by Crippen LogP contribution is 2.30. The second-order valence-electron chi connectivity index (χ2n) is 9.44. The van der Waals surface area contributed by atoms with E-state index in [0.717, 1.165) is 30.8 Å². The lowest BCUT2D eigenvalue weighted by atomic mass is 9.90. The molecule has 1 aliphatic rings. The maximum absolute atomic E-state index is 13.5. The van der Waals surface area contributed by atoms with Gasteiger partial charge >= 0.3 is 0 Å². The van der Waals surface area contributed by atoms with E-state index in [1.807, 2.05) is 30.6 Å². The zero-order chi connectivity index (χ0) is 26.3. The van der Waals surface area contributed by atoms with Crippen LogP contribution in [0.25, 0.3) is 0 Å². The lowest BCUT2D eigenvalue weighted by Gasteiger charge is -2.42. The van der Waals surface area contributed by atoms with Crippen LogP contribution in [0.15, 0.2) is 54.9 Å². The topological polar surface area (TPSA) is 89.2 Å². The van der Waals surface area contributed by atoms with E-state index in [0.29, 0.717) is 43.4 Å². The molecule has 0 spiro atoms. The number of halogens is 1. The molecule has 2 atom stereocenters. The Hall–Kier alpha value is -3.14. The van der Waals surface area contributed by atoms with Gasteiger partial charge in [-0.15, -0.1) is 0 Å². The largest absolute Gasteiger partial charge is 0.493 e. The van der Waals surface area contributed by atoms with Crippen molar-refractivity contribution in [3.8, 4) is 17.2 Å². The van der Waals surface area contributed by atoms with Crippen molar-refractivity contribution >= 4 is 0 Å². The first-order chi connectivity index (χ1) is 17.9. The normalized spacial score (nSPS) is 20.1. The van der Waals surface area contributed by atoms with Gasteiger partial charge in [0.25, 0.3) is 0 Å². The summed E-state index contributed by atoms with van der Waals surface area (Å²) in [5.41, 5.74) is -0.468. The Kier molecular flexibility index (Phi) is 9.02. The summed E-state index contributed by atoms with van der Waals surface area (Å²) in [6.07, 6.45) is 5.00. The molecule has 0 bridgehead atoms. The van der Waals surface area contributed by atoms with E-state index in [2.05, 4.69) is 21.4 Å². The van der Waals surface area contributed by atoms with Crippen molar-refractivity contribution in [2.75, 3.05) is 33.4 Å². The number of aryl methyl sites for hydroxylation is 2. The minimum atomic E-state index is -1.47. The number of hydrogen-bond donors (Lipinski definition) is 2. The van der Waals surface area contributed by atoms with Gasteiger partial charge in [-0.1, -0.05) is 19.1 Å². The Morgan fingerprint density at radius 3 is 2.81 bits per heavy atom. The highest BCUT2D eigenvalue weighted by Gasteiger charge is 2.42. The highest BCUT2D eigenvalue weighted by molar-refractivity contribution is 5.43. The molecule has 0 radical (unpaired) electrons. The van der Waals surface area contributed by atoms with Crippen molar-refractivity contribution in [2.45, 2.75) is 51.0 Å². The molecule has 8 nitrogen and oxygen atoms in total. The average Bonchev–Trinajstić information content (AvgIpc) is 3.35. The van der Waals surface area contributed by atoms with Crippen LogP contribution in [-0.4, -0.2) is 69.8 Å². The van der Waals surface area contributed by atoms with Gasteiger partial charge in [-0.05, 0) is 42.7 Å². The fraction of sp³-hybridized carbons (Fsp3) is 0.464. The van der Waals surface area contributed by atoms with Crippen LogP contribution in [0.5, 0.6) is 17.2 Å². The number of rotatable bonds is 12. The summed E-state index contributed by atoms with van der Waals surface area (Å²) < 4.78 is 32.8. The molecule has 3 aromatic rings. The number of likely N-dealkylation sites (tertiary alicyclic amines) is 1. The SMILES string of the molecule is CCc1nccn1CCCOc1cc(CN2CC[C@H](O)[C@@](O)(COc3cccc(F)c3)C2)ccc1OC. The van der Waals surface area contributed by atoms with Gasteiger partial charge in [0.15, 0.2) is 11.5 Å². The molecule has 0 unspecified atom stereocenters. The average molecular weight is 514 g/mol. The van der Waals surface area contributed by atoms with Crippen LogP contribution in [-0.2, 0) is 19.5 Å². The number of methoxy groups -OCH3 is 1. The zero-order valence-electron chi connectivity index (χ0n) is 21.5. The number of aliphatic hydroxyl groups excluding tert-OH is 1. The molecular weight excluding hydrogens is 477 g/mol. The third kappa shape index (κ3) is 7.00. The number of benzene rings is 2. The molecule has 200 valence electrons. The molecule has 1 aromatic heterocycles. The van der Waals surface area contributed by atoms with Gasteiger partial charge in [0.1, 0.15) is 29.6 Å². The summed E-state index contributed by atoms with van der Waals surface area (Å²) in [6, 6.07) is 11.6. The van der Waals surface area contributed by atoms with E-state index >= 15 is 0 Å². The first-order valence-corrected chi connectivity index (χ1v) is 12.7. The van der Waals surface area contributed by atoms with Crippen LogP contribution in [0, 0.1) is 5.82 Å². The Bertz CT molecular complexity index is 1160. The Labute approximate surface area is 217 Å². The minimum Gasteiger partial charge on any atom is -0.493 e. The second kappa shape index (κ2) is 12.4. The van der Waals surface area contributed by atoms with Crippen molar-refractivity contribution in [3.05, 3.63) is 72.1 Å². The molecule has 1 saturated heterocycles. The van der Waals surface area contributed by atoms with Crippen molar-refractivity contribution < 1.29 is 28.8 Å². The predicted octanol–water partition coefficient (Wildman–Crippen LogP) is 3.44. The number of β-amino-alcohol motifs (C(OH)–C–C–N with tert-alkyl or cyclic N) is 1. The van der Waals surface area contributed by atoms with Crippen LogP contribution in [0.2, 0.25) is 0 Å². The van der Waals surface area contributed by atoms with Gasteiger partial charge in [-0.3, -0.25) is 4.90 Å². The van der Waals surface area contributed by atoms with Crippen molar-refractivity contribution in [1.82, 2.24) is 14.5 Å². The summed E-state index contributed by atoms with van der Waals surface area (Å²) in [5.74, 6) is 2.29. The first-order valence-electron chi connectivity index (χ1n) is 12.7. The standard InChI is InChI=1S/C28H36FN3O5/c1-3-27-30-11-14-32(27)12-5-15-36-25-16-21(8-9-24(25)35-2)18-31-13-10-26(33)28(34,19-31)20-37-23-7-4-6-22(29)17-23/h4,6-9,11,14,16-17,26,33-34H,3,5,10,12-13,15,18-20H2,1-2H3/t26-,28-/m0/s1. The van der Waals surface area contributed by atoms with Crippen LogP contribution >= 0.6 is 0 Å². The number of nitrogens with zero attached hydrogens (tertiary/aromatic N) is 3. The molecule has 1 aliphatic heterocycles. The molecule has 2 heterocycles. The molecule has 2 aromatic carbocycles. The Balaban J connectivity index is 1.34. The van der Waals surface area contributed by atoms with Gasteiger partial charge in [0.2, 0.25) is 0 Å². The zero-order valence-corrected chi connectivity index (χ0v) is 21.5. The molecule has 4 rings (SSSR count). The minimum absolute atomic E-state index is 0.137. The van der Waals surface area contributed by atoms with Gasteiger partial charge in [-0.25, -0.2) is 9.37 Å². The van der Waals surface area contributed by atoms with E-state index in [9.17, 15) is 14.6 Å². The summed E-state index contributed by atoms with van der Waals surface area (Å²) in [7, 11) is 1.62. The number of aromatic nitrogens is 2. The van der Waals surface area contributed by atoms with Crippen molar-refractivity contribution in [1.29, 1.82) is 0 Å². The van der Waals surface area contributed by atoms with Gasteiger partial charge in [0, 0.05) is 51.1 Å². The number of ether oxygens (including phenoxy) is 3. The third-order valence-corrected chi connectivity index (χ3v) is 6.67. The summed E-state index contributed by atoms with van der Waals surface area (Å²) >= 11 is 0. The lowest BCUT2D eigenvalue weighted by Crippen LogP contribution is -2.59. The second-order valence-corrected chi connectivity index (χ2v) is 9.44. The smallest absolute Gasteiger partial charge is 0.161 e. The van der Waals surface area contributed by atoms with Gasteiger partial charge in [0.05, 0.1) is 19.8 Å². The maximum Gasteiger partial charge on any atom is 0.161 e. The fourth-order valence-electron chi connectivity index (χ4n) is 4.65. The Morgan fingerprint density at radius 1 is 1.16 bits per heavy atom. The first kappa shape index (κ1) is 26.9. The third-order valence-electron chi connectivity index (χ3n) is 6.67. The summed E-state index contributed by atoms with van der Waals surface area (Å²) in [6.45, 7) is 4.72.